The monoisotopic (exact) mass is 496 g/mol. The molecule has 2 aromatic heterocycles. The maximum atomic E-state index is 13.0. The summed E-state index contributed by atoms with van der Waals surface area (Å²) < 4.78 is 0. The summed E-state index contributed by atoms with van der Waals surface area (Å²) in [5.41, 5.74) is 5.56. The molecule has 1 aliphatic rings. The molecule has 2 amide bonds. The number of thiazole rings is 1. The predicted octanol–water partition coefficient (Wildman–Crippen LogP) is 6.21. The number of anilines is 2. The van der Waals surface area contributed by atoms with Gasteiger partial charge in [0.05, 0.1) is 11.6 Å². The van der Waals surface area contributed by atoms with Gasteiger partial charge in [-0.25, -0.2) is 4.98 Å². The van der Waals surface area contributed by atoms with Crippen LogP contribution in [0.3, 0.4) is 0 Å². The zero-order valence-electron chi connectivity index (χ0n) is 20.2. The van der Waals surface area contributed by atoms with E-state index < -0.39 is 5.92 Å². The molecule has 1 N–H and O–H groups in total. The van der Waals surface area contributed by atoms with E-state index in [1.807, 2.05) is 53.9 Å². The SMILES string of the molecule is CCCCc1ccc(N2CC(C(=O)Nc3cccc(-c4csc(-c5cccnc5)n4)c3)CC2=O)cc1. The van der Waals surface area contributed by atoms with Crippen molar-refractivity contribution in [2.75, 3.05) is 16.8 Å². The summed E-state index contributed by atoms with van der Waals surface area (Å²) in [5.74, 6) is -0.551. The van der Waals surface area contributed by atoms with Crippen LogP contribution < -0.4 is 10.2 Å². The van der Waals surface area contributed by atoms with Gasteiger partial charge in [-0.2, -0.15) is 0 Å². The summed E-state index contributed by atoms with van der Waals surface area (Å²) in [4.78, 5) is 36.4. The van der Waals surface area contributed by atoms with E-state index in [9.17, 15) is 9.59 Å². The number of carbonyl (C=O) groups excluding carboxylic acids is 2. The predicted molar refractivity (Wildman–Crippen MR) is 145 cm³/mol. The first-order valence-electron chi connectivity index (χ1n) is 12.3. The molecule has 1 unspecified atom stereocenters. The van der Waals surface area contributed by atoms with Crippen LogP contribution in [0.2, 0.25) is 0 Å². The van der Waals surface area contributed by atoms with E-state index in [1.165, 1.54) is 5.56 Å². The molecule has 1 fully saturated rings. The van der Waals surface area contributed by atoms with Crippen molar-refractivity contribution in [2.45, 2.75) is 32.6 Å². The first-order valence-corrected chi connectivity index (χ1v) is 13.1. The number of pyridine rings is 1. The summed E-state index contributed by atoms with van der Waals surface area (Å²) in [6.45, 7) is 2.57. The largest absolute Gasteiger partial charge is 0.326 e. The minimum Gasteiger partial charge on any atom is -0.326 e. The first-order chi connectivity index (χ1) is 17.6. The number of hydrogen-bond acceptors (Lipinski definition) is 5. The third-order valence-electron chi connectivity index (χ3n) is 6.40. The molecule has 7 heteroatoms. The molecule has 4 aromatic rings. The molecular formula is C29H28N4O2S. The molecule has 2 aromatic carbocycles. The topological polar surface area (TPSA) is 75.2 Å². The fourth-order valence-electron chi connectivity index (χ4n) is 4.38. The van der Waals surface area contributed by atoms with E-state index in [4.69, 9.17) is 4.98 Å². The second-order valence-electron chi connectivity index (χ2n) is 9.03. The third kappa shape index (κ3) is 5.36. The van der Waals surface area contributed by atoms with Gasteiger partial charge >= 0.3 is 0 Å². The van der Waals surface area contributed by atoms with E-state index in [-0.39, 0.29) is 18.2 Å². The third-order valence-corrected chi connectivity index (χ3v) is 7.29. The van der Waals surface area contributed by atoms with Crippen molar-refractivity contribution in [3.63, 3.8) is 0 Å². The van der Waals surface area contributed by atoms with Crippen LogP contribution in [0, 0.1) is 5.92 Å². The summed E-state index contributed by atoms with van der Waals surface area (Å²) >= 11 is 1.56. The first kappa shape index (κ1) is 23.9. The molecule has 5 rings (SSSR count). The van der Waals surface area contributed by atoms with Crippen LogP contribution in [0.5, 0.6) is 0 Å². The second-order valence-corrected chi connectivity index (χ2v) is 9.88. The highest BCUT2D eigenvalue weighted by Gasteiger charge is 2.35. The number of benzene rings is 2. The van der Waals surface area contributed by atoms with Gasteiger partial charge in [-0.3, -0.25) is 14.6 Å². The smallest absolute Gasteiger partial charge is 0.229 e. The molecule has 0 spiro atoms. The Morgan fingerprint density at radius 1 is 1.11 bits per heavy atom. The molecule has 1 aliphatic heterocycles. The van der Waals surface area contributed by atoms with Gasteiger partial charge in [-0.05, 0) is 54.8 Å². The normalized spacial score (nSPS) is 15.3. The van der Waals surface area contributed by atoms with E-state index in [1.54, 1.807) is 28.6 Å². The van der Waals surface area contributed by atoms with Gasteiger partial charge < -0.3 is 10.2 Å². The molecule has 0 saturated carbocycles. The Morgan fingerprint density at radius 3 is 2.72 bits per heavy atom. The highest BCUT2D eigenvalue weighted by molar-refractivity contribution is 7.13. The van der Waals surface area contributed by atoms with Gasteiger partial charge in [0.1, 0.15) is 5.01 Å². The van der Waals surface area contributed by atoms with Crippen LogP contribution in [0.4, 0.5) is 11.4 Å². The van der Waals surface area contributed by atoms with Crippen molar-refractivity contribution in [2.24, 2.45) is 5.92 Å². The number of unbranched alkanes of at least 4 members (excludes halogenated alkanes) is 1. The highest BCUT2D eigenvalue weighted by atomic mass is 32.1. The number of hydrogen-bond donors (Lipinski definition) is 1. The van der Waals surface area contributed by atoms with E-state index in [0.29, 0.717) is 12.2 Å². The van der Waals surface area contributed by atoms with Gasteiger partial charge in [0.15, 0.2) is 0 Å². The van der Waals surface area contributed by atoms with E-state index >= 15 is 0 Å². The summed E-state index contributed by atoms with van der Waals surface area (Å²) in [7, 11) is 0. The Balaban J connectivity index is 1.24. The lowest BCUT2D eigenvalue weighted by Crippen LogP contribution is -2.28. The second kappa shape index (κ2) is 10.8. The number of aromatic nitrogens is 2. The van der Waals surface area contributed by atoms with Crippen molar-refractivity contribution in [1.82, 2.24) is 9.97 Å². The minimum absolute atomic E-state index is 0.0180. The van der Waals surface area contributed by atoms with Crippen molar-refractivity contribution >= 4 is 34.5 Å². The molecule has 0 radical (unpaired) electrons. The van der Waals surface area contributed by atoms with Crippen LogP contribution in [-0.2, 0) is 16.0 Å². The molecule has 0 aliphatic carbocycles. The molecule has 0 bridgehead atoms. The van der Waals surface area contributed by atoms with Crippen molar-refractivity contribution in [3.05, 3.63) is 84.0 Å². The number of aryl methyl sites for hydroxylation is 1. The van der Waals surface area contributed by atoms with Gasteiger partial charge in [-0.15, -0.1) is 11.3 Å². The minimum atomic E-state index is -0.391. The molecule has 1 saturated heterocycles. The molecule has 3 heterocycles. The molecule has 36 heavy (non-hydrogen) atoms. The zero-order valence-corrected chi connectivity index (χ0v) is 21.0. The maximum absolute atomic E-state index is 13.0. The van der Waals surface area contributed by atoms with Gasteiger partial charge in [0, 0.05) is 53.2 Å². The van der Waals surface area contributed by atoms with Crippen molar-refractivity contribution < 1.29 is 9.59 Å². The Labute approximate surface area is 215 Å². The Morgan fingerprint density at radius 2 is 1.94 bits per heavy atom. The summed E-state index contributed by atoms with van der Waals surface area (Å²) in [6, 6.07) is 19.7. The van der Waals surface area contributed by atoms with Crippen molar-refractivity contribution in [1.29, 1.82) is 0 Å². The Hall–Kier alpha value is -3.84. The fraction of sp³-hybridized carbons (Fsp3) is 0.241. The molecule has 182 valence electrons. The zero-order chi connectivity index (χ0) is 24.9. The Bertz CT molecular complexity index is 1350. The maximum Gasteiger partial charge on any atom is 0.229 e. The average Bonchev–Trinajstić information content (AvgIpc) is 3.56. The van der Waals surface area contributed by atoms with Crippen LogP contribution in [0.25, 0.3) is 21.8 Å². The highest BCUT2D eigenvalue weighted by Crippen LogP contribution is 2.30. The number of rotatable bonds is 8. The van der Waals surface area contributed by atoms with Crippen LogP contribution in [-0.4, -0.2) is 28.3 Å². The Kier molecular flexibility index (Phi) is 7.18. The van der Waals surface area contributed by atoms with Gasteiger partial charge in [0.2, 0.25) is 11.8 Å². The van der Waals surface area contributed by atoms with Gasteiger partial charge in [-0.1, -0.05) is 37.6 Å². The molecular weight excluding hydrogens is 468 g/mol. The van der Waals surface area contributed by atoms with Crippen LogP contribution in [0.1, 0.15) is 31.7 Å². The number of nitrogens with zero attached hydrogens (tertiary/aromatic N) is 3. The standard InChI is InChI=1S/C29H28N4O2S/c1-2-3-6-20-10-12-25(13-11-20)33-18-23(16-27(33)34)28(35)31-24-9-4-7-21(15-24)26-19-36-29(32-26)22-8-5-14-30-17-22/h4-5,7-15,17,19,23H,2-3,6,16,18H2,1H3,(H,31,35). The number of nitrogens with one attached hydrogen (secondary N) is 1. The van der Waals surface area contributed by atoms with Crippen LogP contribution >= 0.6 is 11.3 Å². The van der Waals surface area contributed by atoms with E-state index in [2.05, 4.69) is 29.4 Å². The lowest BCUT2D eigenvalue weighted by Gasteiger charge is -2.17. The fourth-order valence-corrected chi connectivity index (χ4v) is 5.20. The van der Waals surface area contributed by atoms with E-state index in [0.717, 1.165) is 46.8 Å². The average molecular weight is 497 g/mol. The van der Waals surface area contributed by atoms with Crippen LogP contribution in [0.15, 0.2) is 78.4 Å². The molecule has 1 atom stereocenters. The number of amides is 2. The summed E-state index contributed by atoms with van der Waals surface area (Å²) in [5, 5.41) is 5.91. The van der Waals surface area contributed by atoms with Gasteiger partial charge in [0.25, 0.3) is 0 Å². The van der Waals surface area contributed by atoms with Crippen molar-refractivity contribution in [3.8, 4) is 21.8 Å². The molecule has 6 nitrogen and oxygen atoms in total. The summed E-state index contributed by atoms with van der Waals surface area (Å²) in [6.07, 6.45) is 7.10. The quantitative estimate of drug-likeness (QED) is 0.315. The number of carbonyl (C=O) groups is 2. The lowest BCUT2D eigenvalue weighted by atomic mass is 10.1. The lowest BCUT2D eigenvalue weighted by molar-refractivity contribution is -0.122.